The second-order valence-corrected chi connectivity index (χ2v) is 11.2. The fourth-order valence-corrected chi connectivity index (χ4v) is 6.38. The van der Waals surface area contributed by atoms with Crippen LogP contribution in [0.1, 0.15) is 41.6 Å². The van der Waals surface area contributed by atoms with Crippen LogP contribution >= 0.6 is 0 Å². The molecule has 41 heavy (non-hydrogen) atoms. The highest BCUT2D eigenvalue weighted by molar-refractivity contribution is 5.99. The Kier molecular flexibility index (Phi) is 7.80. The summed E-state index contributed by atoms with van der Waals surface area (Å²) in [7, 11) is 5.54. The van der Waals surface area contributed by atoms with Crippen molar-refractivity contribution in [1.82, 2.24) is 4.90 Å². The van der Waals surface area contributed by atoms with Gasteiger partial charge in [0.15, 0.2) is 5.78 Å². The predicted molar refractivity (Wildman–Crippen MR) is 163 cm³/mol. The average molecular weight is 548 g/mol. The number of benzene rings is 4. The number of ether oxygens (including phenoxy) is 3. The molecule has 0 saturated carbocycles. The number of hydrogen-bond acceptors (Lipinski definition) is 5. The highest BCUT2D eigenvalue weighted by atomic mass is 16.5. The summed E-state index contributed by atoms with van der Waals surface area (Å²) in [6.07, 6.45) is 5.47. The summed E-state index contributed by atoms with van der Waals surface area (Å²) in [5.74, 6) is 2.48. The molecule has 4 aromatic carbocycles. The van der Waals surface area contributed by atoms with Crippen LogP contribution in [-0.2, 0) is 6.42 Å². The Morgan fingerprint density at radius 2 is 1.44 bits per heavy atom. The van der Waals surface area contributed by atoms with Crippen molar-refractivity contribution in [3.05, 3.63) is 102 Å². The molecular formula is C36H37NO4. The van der Waals surface area contributed by atoms with Crippen molar-refractivity contribution in [2.75, 3.05) is 21.3 Å². The van der Waals surface area contributed by atoms with Crippen LogP contribution < -0.4 is 14.2 Å². The molecule has 0 amide bonds. The number of carbonyl (C=O) groups is 1. The number of piperidine rings is 1. The molecule has 6 rings (SSSR count). The Hall–Kier alpha value is -4.09. The summed E-state index contributed by atoms with van der Waals surface area (Å²) < 4.78 is 17.3. The Balaban J connectivity index is 1.11. The molecule has 2 bridgehead atoms. The van der Waals surface area contributed by atoms with Crippen LogP contribution in [0.15, 0.2) is 91.0 Å². The van der Waals surface area contributed by atoms with E-state index in [2.05, 4.69) is 48.3 Å². The van der Waals surface area contributed by atoms with E-state index >= 15 is 0 Å². The minimum absolute atomic E-state index is 0.0633. The third-order valence-electron chi connectivity index (χ3n) is 8.77. The number of ketones is 1. The number of carbonyl (C=O) groups excluding carboxylic acids is 1. The molecule has 2 aliphatic heterocycles. The van der Waals surface area contributed by atoms with E-state index in [1.54, 1.807) is 14.2 Å². The van der Waals surface area contributed by atoms with Gasteiger partial charge in [0.2, 0.25) is 0 Å². The second kappa shape index (κ2) is 11.8. The van der Waals surface area contributed by atoms with Crippen LogP contribution in [0, 0.1) is 0 Å². The molecule has 2 saturated heterocycles. The van der Waals surface area contributed by atoms with E-state index < -0.39 is 0 Å². The van der Waals surface area contributed by atoms with Gasteiger partial charge in [-0.3, -0.25) is 4.79 Å². The van der Waals surface area contributed by atoms with Gasteiger partial charge < -0.3 is 19.1 Å². The van der Waals surface area contributed by atoms with Gasteiger partial charge in [0.05, 0.1) is 14.2 Å². The SMILES string of the molecule is COc1cccc(-c2cc(C(=O)Cc3ccc(-c4ccc(OC5CC6CCC(C5)N6C)cc4)cc3)ccc2OC)c1. The normalized spacial score (nSPS) is 20.0. The molecule has 2 aliphatic rings. The van der Waals surface area contributed by atoms with Gasteiger partial charge in [-0.05, 0) is 97.4 Å². The summed E-state index contributed by atoms with van der Waals surface area (Å²) in [6, 6.07) is 31.4. The zero-order valence-corrected chi connectivity index (χ0v) is 24.0. The van der Waals surface area contributed by atoms with E-state index in [4.69, 9.17) is 14.2 Å². The summed E-state index contributed by atoms with van der Waals surface area (Å²) in [4.78, 5) is 15.8. The number of nitrogens with zero attached hydrogens (tertiary/aromatic N) is 1. The van der Waals surface area contributed by atoms with Gasteiger partial charge in [-0.15, -0.1) is 0 Å². The molecule has 210 valence electrons. The monoisotopic (exact) mass is 547 g/mol. The van der Waals surface area contributed by atoms with Gasteiger partial charge in [-0.25, -0.2) is 0 Å². The third kappa shape index (κ3) is 5.86. The number of methoxy groups -OCH3 is 2. The summed E-state index contributed by atoms with van der Waals surface area (Å²) in [6.45, 7) is 0. The molecule has 5 nitrogen and oxygen atoms in total. The van der Waals surface area contributed by atoms with E-state index in [0.29, 0.717) is 35.9 Å². The lowest BCUT2D eigenvalue weighted by molar-refractivity contribution is 0.0662. The van der Waals surface area contributed by atoms with Gasteiger partial charge in [0.25, 0.3) is 0 Å². The summed E-state index contributed by atoms with van der Waals surface area (Å²) >= 11 is 0. The molecular weight excluding hydrogens is 510 g/mol. The fraction of sp³-hybridized carbons (Fsp3) is 0.306. The van der Waals surface area contributed by atoms with Crippen LogP contribution in [0.5, 0.6) is 17.2 Å². The average Bonchev–Trinajstić information content (AvgIpc) is 3.21. The first-order valence-electron chi connectivity index (χ1n) is 14.4. The van der Waals surface area contributed by atoms with Gasteiger partial charge in [-0.2, -0.15) is 0 Å². The minimum Gasteiger partial charge on any atom is -0.497 e. The molecule has 5 heteroatoms. The number of Topliss-reactive ketones (excluding diaryl/α,β-unsaturated/α-hetero) is 1. The maximum Gasteiger partial charge on any atom is 0.167 e. The van der Waals surface area contributed by atoms with Gasteiger partial charge in [0.1, 0.15) is 23.4 Å². The zero-order valence-electron chi connectivity index (χ0n) is 24.0. The van der Waals surface area contributed by atoms with Crippen LogP contribution in [0.3, 0.4) is 0 Å². The molecule has 2 unspecified atom stereocenters. The molecule has 0 aromatic heterocycles. The van der Waals surface area contributed by atoms with Crippen LogP contribution in [0.2, 0.25) is 0 Å². The summed E-state index contributed by atoms with van der Waals surface area (Å²) in [5, 5.41) is 0. The molecule has 2 heterocycles. The predicted octanol–water partition coefficient (Wildman–Crippen LogP) is 7.47. The molecule has 0 spiro atoms. The third-order valence-corrected chi connectivity index (χ3v) is 8.77. The smallest absolute Gasteiger partial charge is 0.167 e. The Bertz CT molecular complexity index is 1500. The lowest BCUT2D eigenvalue weighted by Crippen LogP contribution is -2.43. The first kappa shape index (κ1) is 27.1. The maximum atomic E-state index is 13.3. The quantitative estimate of drug-likeness (QED) is 0.204. The van der Waals surface area contributed by atoms with Crippen molar-refractivity contribution < 1.29 is 19.0 Å². The standard InChI is InChI=1S/C36H37NO4/c1-37-29-14-15-30(37)23-33(22-29)41-31-16-11-26(12-17-31)25-9-7-24(8-10-25)19-35(38)28-13-18-36(40-3)34(21-28)27-5-4-6-32(20-27)39-2/h4-13,16-18,20-21,29-30,33H,14-15,19,22-23H2,1-3H3. The lowest BCUT2D eigenvalue weighted by Gasteiger charge is -2.36. The van der Waals surface area contributed by atoms with Crippen molar-refractivity contribution in [3.63, 3.8) is 0 Å². The molecule has 0 radical (unpaired) electrons. The maximum absolute atomic E-state index is 13.3. The first-order chi connectivity index (χ1) is 20.0. The summed E-state index contributed by atoms with van der Waals surface area (Å²) in [5.41, 5.74) is 5.69. The van der Waals surface area contributed by atoms with Crippen LogP contribution in [0.25, 0.3) is 22.3 Å². The Morgan fingerprint density at radius 1 is 0.756 bits per heavy atom. The van der Waals surface area contributed by atoms with Crippen molar-refractivity contribution in [2.24, 2.45) is 0 Å². The van der Waals surface area contributed by atoms with Crippen LogP contribution in [0.4, 0.5) is 0 Å². The Morgan fingerprint density at radius 3 is 2.10 bits per heavy atom. The highest BCUT2D eigenvalue weighted by Crippen LogP contribution is 2.36. The van der Waals surface area contributed by atoms with E-state index in [9.17, 15) is 4.79 Å². The number of fused-ring (bicyclic) bond motifs is 2. The zero-order chi connectivity index (χ0) is 28.3. The second-order valence-electron chi connectivity index (χ2n) is 11.2. The molecule has 2 atom stereocenters. The highest BCUT2D eigenvalue weighted by Gasteiger charge is 2.39. The van der Waals surface area contributed by atoms with Crippen molar-refractivity contribution in [3.8, 4) is 39.5 Å². The van der Waals surface area contributed by atoms with Crippen molar-refractivity contribution in [1.29, 1.82) is 0 Å². The van der Waals surface area contributed by atoms with Crippen LogP contribution in [-0.4, -0.2) is 50.1 Å². The molecule has 0 N–H and O–H groups in total. The van der Waals surface area contributed by atoms with Gasteiger partial charge in [-0.1, -0.05) is 48.5 Å². The molecule has 0 aliphatic carbocycles. The van der Waals surface area contributed by atoms with E-state index in [1.807, 2.05) is 54.6 Å². The number of rotatable bonds is 9. The van der Waals surface area contributed by atoms with Crippen molar-refractivity contribution >= 4 is 5.78 Å². The van der Waals surface area contributed by atoms with Gasteiger partial charge in [0, 0.05) is 29.6 Å². The fourth-order valence-electron chi connectivity index (χ4n) is 6.38. The lowest BCUT2D eigenvalue weighted by atomic mass is 9.96. The van der Waals surface area contributed by atoms with E-state index in [1.165, 1.54) is 12.8 Å². The number of hydrogen-bond donors (Lipinski definition) is 0. The Labute approximate surface area is 242 Å². The van der Waals surface area contributed by atoms with E-state index in [-0.39, 0.29) is 5.78 Å². The molecule has 4 aromatic rings. The minimum atomic E-state index is 0.0633. The largest absolute Gasteiger partial charge is 0.497 e. The van der Waals surface area contributed by atoms with Crippen molar-refractivity contribution in [2.45, 2.75) is 50.3 Å². The first-order valence-corrected chi connectivity index (χ1v) is 14.4. The molecule has 2 fully saturated rings. The topological polar surface area (TPSA) is 48.0 Å². The van der Waals surface area contributed by atoms with E-state index in [0.717, 1.165) is 52.2 Å². The van der Waals surface area contributed by atoms with Gasteiger partial charge >= 0.3 is 0 Å².